The Balaban J connectivity index is 1.59. The number of hydrogen-bond donors (Lipinski definition) is 1. The molecule has 2 heterocycles. The van der Waals surface area contributed by atoms with Crippen molar-refractivity contribution in [1.29, 1.82) is 0 Å². The van der Waals surface area contributed by atoms with Gasteiger partial charge in [0.05, 0.1) is 12.1 Å². The highest BCUT2D eigenvalue weighted by Gasteiger charge is 2.60. The molecule has 2 aromatic carbocycles. The second-order valence-electron chi connectivity index (χ2n) is 9.64. The molecule has 2 aromatic rings. The molecule has 10 nitrogen and oxygen atoms in total. The van der Waals surface area contributed by atoms with E-state index >= 15 is 0 Å². The van der Waals surface area contributed by atoms with Crippen molar-refractivity contribution in [2.24, 2.45) is 0 Å². The van der Waals surface area contributed by atoms with Crippen molar-refractivity contribution in [1.82, 2.24) is 5.32 Å². The Kier molecular flexibility index (Phi) is 7.66. The summed E-state index contributed by atoms with van der Waals surface area (Å²) in [6.07, 6.45) is -2.25. The Bertz CT molecular complexity index is 1080. The SMILES string of the molecule is COCO[C@@H]1[C@H]2OC(C)(C)O[C@H]2[C@@H](NC(=O)c2ccccc2)[C@H](c2ccc3c(c2)OCO3)[C@H]1OCOC. The van der Waals surface area contributed by atoms with Gasteiger partial charge in [0.15, 0.2) is 17.3 Å². The molecule has 0 unspecified atom stereocenters. The fourth-order valence-corrected chi connectivity index (χ4v) is 5.34. The minimum Gasteiger partial charge on any atom is -0.454 e. The summed E-state index contributed by atoms with van der Waals surface area (Å²) in [6, 6.07) is 14.2. The van der Waals surface area contributed by atoms with Gasteiger partial charge in [-0.05, 0) is 43.7 Å². The summed E-state index contributed by atoms with van der Waals surface area (Å²) in [6.45, 7) is 3.88. The van der Waals surface area contributed by atoms with E-state index in [1.807, 2.05) is 50.2 Å². The van der Waals surface area contributed by atoms with Crippen molar-refractivity contribution < 1.29 is 42.7 Å². The van der Waals surface area contributed by atoms with Crippen LogP contribution in [0.1, 0.15) is 35.7 Å². The smallest absolute Gasteiger partial charge is 0.251 e. The summed E-state index contributed by atoms with van der Waals surface area (Å²) in [5.41, 5.74) is 1.40. The van der Waals surface area contributed by atoms with Gasteiger partial charge in [-0.1, -0.05) is 24.3 Å². The Morgan fingerprint density at radius 2 is 1.59 bits per heavy atom. The van der Waals surface area contributed by atoms with E-state index in [4.69, 9.17) is 37.9 Å². The number of benzene rings is 2. The summed E-state index contributed by atoms with van der Waals surface area (Å²) in [5.74, 6) is -0.278. The molecular formula is C27H33NO9. The van der Waals surface area contributed by atoms with E-state index in [-0.39, 0.29) is 26.3 Å². The molecule has 0 bridgehead atoms. The molecule has 1 amide bonds. The zero-order chi connectivity index (χ0) is 26.0. The lowest BCUT2D eigenvalue weighted by molar-refractivity contribution is -0.217. The summed E-state index contributed by atoms with van der Waals surface area (Å²) in [4.78, 5) is 13.4. The van der Waals surface area contributed by atoms with Gasteiger partial charge in [0.2, 0.25) is 6.79 Å². The van der Waals surface area contributed by atoms with E-state index in [2.05, 4.69) is 5.32 Å². The molecule has 0 radical (unpaired) electrons. The number of ether oxygens (including phenoxy) is 8. The fourth-order valence-electron chi connectivity index (χ4n) is 5.34. The molecule has 6 atom stereocenters. The molecule has 2 aliphatic heterocycles. The first-order chi connectivity index (χ1) is 17.9. The molecule has 200 valence electrons. The van der Waals surface area contributed by atoms with E-state index in [1.165, 1.54) is 0 Å². The van der Waals surface area contributed by atoms with E-state index < -0.39 is 42.2 Å². The van der Waals surface area contributed by atoms with Gasteiger partial charge in [0, 0.05) is 25.7 Å². The molecule has 37 heavy (non-hydrogen) atoms. The van der Waals surface area contributed by atoms with Crippen LogP contribution in [0.4, 0.5) is 0 Å². The van der Waals surface area contributed by atoms with Crippen LogP contribution in [0.25, 0.3) is 0 Å². The van der Waals surface area contributed by atoms with Crippen molar-refractivity contribution in [3.8, 4) is 11.5 Å². The Morgan fingerprint density at radius 1 is 0.919 bits per heavy atom. The van der Waals surface area contributed by atoms with Gasteiger partial charge in [0.1, 0.15) is 31.9 Å². The predicted molar refractivity (Wildman–Crippen MR) is 130 cm³/mol. The molecule has 1 saturated heterocycles. The van der Waals surface area contributed by atoms with Crippen LogP contribution in [0.15, 0.2) is 48.5 Å². The van der Waals surface area contributed by atoms with Gasteiger partial charge in [0.25, 0.3) is 5.91 Å². The highest BCUT2D eigenvalue weighted by atomic mass is 16.8. The minimum atomic E-state index is -0.907. The normalized spacial score (nSPS) is 29.6. The molecule has 1 saturated carbocycles. The van der Waals surface area contributed by atoms with Gasteiger partial charge in [-0.15, -0.1) is 0 Å². The number of amides is 1. The van der Waals surface area contributed by atoms with Crippen LogP contribution in [-0.2, 0) is 28.4 Å². The van der Waals surface area contributed by atoms with Gasteiger partial charge in [-0.3, -0.25) is 4.79 Å². The van der Waals surface area contributed by atoms with Crippen LogP contribution < -0.4 is 14.8 Å². The molecule has 0 spiro atoms. The van der Waals surface area contributed by atoms with Crippen molar-refractivity contribution in [2.75, 3.05) is 34.6 Å². The summed E-state index contributed by atoms with van der Waals surface area (Å²) < 4.78 is 46.9. The van der Waals surface area contributed by atoms with Crippen LogP contribution in [0, 0.1) is 0 Å². The van der Waals surface area contributed by atoms with E-state index in [1.54, 1.807) is 26.4 Å². The van der Waals surface area contributed by atoms with Crippen LogP contribution >= 0.6 is 0 Å². The summed E-state index contributed by atoms with van der Waals surface area (Å²) in [7, 11) is 3.11. The van der Waals surface area contributed by atoms with E-state index in [0.29, 0.717) is 17.1 Å². The zero-order valence-corrected chi connectivity index (χ0v) is 21.4. The standard InChI is InChI=1S/C27H33NO9/c1-27(2)36-23-21(28-26(29)16-8-6-5-7-9-16)20(17-10-11-18-19(12-17)33-15-32-18)22(34-13-30-3)24(25(23)37-27)35-14-31-4/h5-12,20-25H,13-15H2,1-4H3,(H,28,29)/t20-,21-,22+,23-,24-,25-/m0/s1. The van der Waals surface area contributed by atoms with E-state index in [9.17, 15) is 4.79 Å². The van der Waals surface area contributed by atoms with Crippen LogP contribution in [0.2, 0.25) is 0 Å². The first kappa shape index (κ1) is 25.9. The number of rotatable bonds is 9. The maximum atomic E-state index is 13.4. The second kappa shape index (κ2) is 10.9. The summed E-state index contributed by atoms with van der Waals surface area (Å²) >= 11 is 0. The van der Waals surface area contributed by atoms with Crippen LogP contribution in [-0.4, -0.2) is 76.8 Å². The van der Waals surface area contributed by atoms with Crippen molar-refractivity contribution in [3.63, 3.8) is 0 Å². The predicted octanol–water partition coefficient (Wildman–Crippen LogP) is 2.81. The largest absolute Gasteiger partial charge is 0.454 e. The molecule has 2 fully saturated rings. The monoisotopic (exact) mass is 515 g/mol. The Morgan fingerprint density at radius 3 is 2.32 bits per heavy atom. The van der Waals surface area contributed by atoms with Crippen molar-refractivity contribution >= 4 is 5.91 Å². The van der Waals surface area contributed by atoms with Crippen molar-refractivity contribution in [2.45, 2.75) is 56.0 Å². The lowest BCUT2D eigenvalue weighted by Gasteiger charge is -2.47. The minimum absolute atomic E-state index is 0.0134. The molecular weight excluding hydrogens is 482 g/mol. The number of carbonyl (C=O) groups excluding carboxylic acids is 1. The third kappa shape index (κ3) is 5.31. The van der Waals surface area contributed by atoms with Gasteiger partial charge >= 0.3 is 0 Å². The highest BCUT2D eigenvalue weighted by Crippen LogP contribution is 2.47. The molecule has 10 heteroatoms. The zero-order valence-electron chi connectivity index (χ0n) is 21.4. The van der Waals surface area contributed by atoms with Gasteiger partial charge < -0.3 is 43.2 Å². The van der Waals surface area contributed by atoms with Crippen LogP contribution in [0.5, 0.6) is 11.5 Å². The number of hydrogen-bond acceptors (Lipinski definition) is 9. The molecule has 5 rings (SSSR count). The fraction of sp³-hybridized carbons (Fsp3) is 0.519. The maximum Gasteiger partial charge on any atom is 0.251 e. The first-order valence-electron chi connectivity index (χ1n) is 12.2. The topological polar surface area (TPSA) is 103 Å². The Labute approximate surface area is 216 Å². The van der Waals surface area contributed by atoms with Gasteiger partial charge in [-0.2, -0.15) is 0 Å². The number of nitrogens with one attached hydrogen (secondary N) is 1. The second-order valence-corrected chi connectivity index (χ2v) is 9.64. The third-order valence-corrected chi connectivity index (χ3v) is 6.78. The highest BCUT2D eigenvalue weighted by molar-refractivity contribution is 5.94. The quantitative estimate of drug-likeness (QED) is 0.505. The molecule has 3 aliphatic rings. The van der Waals surface area contributed by atoms with Crippen LogP contribution in [0.3, 0.4) is 0 Å². The molecule has 1 N–H and O–H groups in total. The maximum absolute atomic E-state index is 13.4. The van der Waals surface area contributed by atoms with E-state index in [0.717, 1.165) is 5.56 Å². The lowest BCUT2D eigenvalue weighted by Crippen LogP contribution is -2.65. The average molecular weight is 516 g/mol. The third-order valence-electron chi connectivity index (χ3n) is 6.78. The lowest BCUT2D eigenvalue weighted by atomic mass is 9.73. The molecule has 0 aromatic heterocycles. The number of carbonyl (C=O) groups is 1. The Hall–Kier alpha value is -2.73. The van der Waals surface area contributed by atoms with Crippen molar-refractivity contribution in [3.05, 3.63) is 59.7 Å². The summed E-state index contributed by atoms with van der Waals surface area (Å²) in [5, 5.41) is 3.22. The average Bonchev–Trinajstić information content (AvgIpc) is 3.50. The first-order valence-corrected chi connectivity index (χ1v) is 12.2. The number of methoxy groups -OCH3 is 2. The molecule has 1 aliphatic carbocycles. The van der Waals surface area contributed by atoms with Gasteiger partial charge in [-0.25, -0.2) is 0 Å². The number of fused-ring (bicyclic) bond motifs is 2.